The van der Waals surface area contributed by atoms with Crippen LogP contribution in [0.15, 0.2) is 18.2 Å². The Morgan fingerprint density at radius 1 is 1.29 bits per heavy atom. The second kappa shape index (κ2) is 6.27. The van der Waals surface area contributed by atoms with Crippen molar-refractivity contribution < 1.29 is 4.74 Å². The first-order chi connectivity index (χ1) is 8.25. The van der Waals surface area contributed by atoms with Crippen LogP contribution in [0.4, 0.5) is 0 Å². The zero-order chi connectivity index (χ0) is 12.1. The Hall–Kier alpha value is -0.730. The van der Waals surface area contributed by atoms with E-state index in [-0.39, 0.29) is 0 Å². The van der Waals surface area contributed by atoms with E-state index >= 15 is 0 Å². The van der Waals surface area contributed by atoms with Gasteiger partial charge in [0.25, 0.3) is 0 Å². The van der Waals surface area contributed by atoms with Gasteiger partial charge >= 0.3 is 0 Å². The van der Waals surface area contributed by atoms with Gasteiger partial charge in [-0.3, -0.25) is 0 Å². The maximum atomic E-state index is 5.95. The Balaban J connectivity index is 1.72. The molecule has 1 aliphatic rings. The number of hydrogen-bond acceptors (Lipinski definition) is 2. The summed E-state index contributed by atoms with van der Waals surface area (Å²) in [5, 5.41) is 0.741. The summed E-state index contributed by atoms with van der Waals surface area (Å²) in [5.41, 5.74) is 1.15. The summed E-state index contributed by atoms with van der Waals surface area (Å²) < 4.78 is 5.77. The van der Waals surface area contributed by atoms with Gasteiger partial charge in [0.05, 0.1) is 6.61 Å². The summed E-state index contributed by atoms with van der Waals surface area (Å²) in [4.78, 5) is 2.51. The van der Waals surface area contributed by atoms with E-state index in [1.165, 1.54) is 25.9 Å². The van der Waals surface area contributed by atoms with E-state index in [0.717, 1.165) is 35.9 Å². The van der Waals surface area contributed by atoms with Gasteiger partial charge in [-0.1, -0.05) is 17.7 Å². The Labute approximate surface area is 109 Å². The van der Waals surface area contributed by atoms with E-state index in [9.17, 15) is 0 Å². The summed E-state index contributed by atoms with van der Waals surface area (Å²) in [6.45, 7) is 6.50. The predicted molar refractivity (Wildman–Crippen MR) is 72.0 cm³/mol. The number of halogens is 1. The molecular weight excluding hydrogens is 234 g/mol. The molecule has 0 unspecified atom stereocenters. The van der Waals surface area contributed by atoms with E-state index < -0.39 is 0 Å². The molecule has 1 aromatic carbocycles. The number of likely N-dealkylation sites (tertiary alicyclic amines) is 1. The Morgan fingerprint density at radius 3 is 2.82 bits per heavy atom. The highest BCUT2D eigenvalue weighted by atomic mass is 35.5. The minimum atomic E-state index is 0.741. The van der Waals surface area contributed by atoms with Crippen molar-refractivity contribution in [2.45, 2.75) is 26.2 Å². The van der Waals surface area contributed by atoms with Crippen LogP contribution in [0.2, 0.25) is 5.02 Å². The molecule has 2 nitrogen and oxygen atoms in total. The third kappa shape index (κ3) is 3.90. The van der Waals surface area contributed by atoms with Crippen LogP contribution in [0, 0.1) is 6.92 Å². The molecule has 0 saturated carbocycles. The molecule has 1 saturated heterocycles. The van der Waals surface area contributed by atoms with Crippen molar-refractivity contribution in [2.24, 2.45) is 0 Å². The normalized spacial score (nSPS) is 16.4. The van der Waals surface area contributed by atoms with Gasteiger partial charge in [0.2, 0.25) is 0 Å². The predicted octanol–water partition coefficient (Wildman–Crippen LogP) is 3.51. The van der Waals surface area contributed by atoms with Gasteiger partial charge in [0.1, 0.15) is 5.75 Å². The fraction of sp³-hybridized carbons (Fsp3) is 0.571. The lowest BCUT2D eigenvalue weighted by Crippen LogP contribution is -2.21. The summed E-state index contributed by atoms with van der Waals surface area (Å²) >= 11 is 5.95. The molecule has 3 heteroatoms. The molecule has 2 rings (SSSR count). The monoisotopic (exact) mass is 253 g/mol. The molecule has 0 N–H and O–H groups in total. The molecule has 1 fully saturated rings. The molecule has 1 aromatic rings. The van der Waals surface area contributed by atoms with Crippen molar-refractivity contribution >= 4 is 11.6 Å². The highest BCUT2D eigenvalue weighted by molar-refractivity contribution is 6.30. The number of hydrogen-bond donors (Lipinski definition) is 0. The molecule has 0 amide bonds. The number of rotatable bonds is 5. The average molecular weight is 254 g/mol. The van der Waals surface area contributed by atoms with Gasteiger partial charge in [0, 0.05) is 11.6 Å². The zero-order valence-electron chi connectivity index (χ0n) is 10.4. The Kier molecular flexibility index (Phi) is 4.69. The molecule has 94 valence electrons. The molecule has 0 atom stereocenters. The smallest absolute Gasteiger partial charge is 0.123 e. The van der Waals surface area contributed by atoms with Crippen molar-refractivity contribution in [1.29, 1.82) is 0 Å². The summed E-state index contributed by atoms with van der Waals surface area (Å²) in [6.07, 6.45) is 3.80. The van der Waals surface area contributed by atoms with E-state index in [1.54, 1.807) is 0 Å². The SMILES string of the molecule is Cc1ccc(Cl)cc1OCCCN1CCCC1. The quantitative estimate of drug-likeness (QED) is 0.745. The molecule has 0 aliphatic carbocycles. The third-order valence-electron chi connectivity index (χ3n) is 3.23. The molecule has 0 spiro atoms. The van der Waals surface area contributed by atoms with Crippen LogP contribution < -0.4 is 4.74 Å². The van der Waals surface area contributed by atoms with Crippen LogP contribution in [-0.2, 0) is 0 Å². The topological polar surface area (TPSA) is 12.5 Å². The van der Waals surface area contributed by atoms with Crippen LogP contribution in [-0.4, -0.2) is 31.1 Å². The number of benzene rings is 1. The molecule has 0 bridgehead atoms. The lowest BCUT2D eigenvalue weighted by atomic mass is 10.2. The van der Waals surface area contributed by atoms with Gasteiger partial charge in [-0.2, -0.15) is 0 Å². The van der Waals surface area contributed by atoms with E-state index in [4.69, 9.17) is 16.3 Å². The van der Waals surface area contributed by atoms with Crippen molar-refractivity contribution in [3.63, 3.8) is 0 Å². The Bertz CT molecular complexity index is 361. The first-order valence-electron chi connectivity index (χ1n) is 6.37. The van der Waals surface area contributed by atoms with Crippen molar-refractivity contribution in [2.75, 3.05) is 26.2 Å². The number of nitrogens with zero attached hydrogens (tertiary/aromatic N) is 1. The summed E-state index contributed by atoms with van der Waals surface area (Å²) in [5.74, 6) is 0.916. The molecule has 17 heavy (non-hydrogen) atoms. The molecule has 0 radical (unpaired) electrons. The second-order valence-corrected chi connectivity index (χ2v) is 5.10. The van der Waals surface area contributed by atoms with Crippen LogP contribution >= 0.6 is 11.6 Å². The van der Waals surface area contributed by atoms with E-state index in [2.05, 4.69) is 4.90 Å². The van der Waals surface area contributed by atoms with Gasteiger partial charge in [-0.15, -0.1) is 0 Å². The highest BCUT2D eigenvalue weighted by Crippen LogP contribution is 2.22. The van der Waals surface area contributed by atoms with E-state index in [0.29, 0.717) is 0 Å². The standard InChI is InChI=1S/C14H20ClNO/c1-12-5-6-13(15)11-14(12)17-10-4-9-16-7-2-3-8-16/h5-6,11H,2-4,7-10H2,1H3. The van der Waals surface area contributed by atoms with Gasteiger partial charge in [-0.25, -0.2) is 0 Å². The average Bonchev–Trinajstić information content (AvgIpc) is 2.82. The lowest BCUT2D eigenvalue weighted by molar-refractivity contribution is 0.262. The molecular formula is C14H20ClNO. The Morgan fingerprint density at radius 2 is 2.06 bits per heavy atom. The van der Waals surface area contributed by atoms with Crippen LogP contribution in [0.25, 0.3) is 0 Å². The fourth-order valence-corrected chi connectivity index (χ4v) is 2.37. The molecule has 0 aromatic heterocycles. The minimum absolute atomic E-state index is 0.741. The first kappa shape index (κ1) is 12.7. The van der Waals surface area contributed by atoms with Crippen molar-refractivity contribution in [1.82, 2.24) is 4.90 Å². The maximum absolute atomic E-state index is 5.95. The largest absolute Gasteiger partial charge is 0.493 e. The van der Waals surface area contributed by atoms with E-state index in [1.807, 2.05) is 25.1 Å². The molecule has 1 aliphatic heterocycles. The maximum Gasteiger partial charge on any atom is 0.123 e. The molecule has 1 heterocycles. The van der Waals surface area contributed by atoms with Crippen molar-refractivity contribution in [3.8, 4) is 5.75 Å². The zero-order valence-corrected chi connectivity index (χ0v) is 11.2. The van der Waals surface area contributed by atoms with Crippen molar-refractivity contribution in [3.05, 3.63) is 28.8 Å². The minimum Gasteiger partial charge on any atom is -0.493 e. The van der Waals surface area contributed by atoms with Gasteiger partial charge in [-0.05, 0) is 57.0 Å². The summed E-state index contributed by atoms with van der Waals surface area (Å²) in [7, 11) is 0. The lowest BCUT2D eigenvalue weighted by Gasteiger charge is -2.15. The highest BCUT2D eigenvalue weighted by Gasteiger charge is 2.10. The second-order valence-electron chi connectivity index (χ2n) is 4.66. The summed E-state index contributed by atoms with van der Waals surface area (Å²) in [6, 6.07) is 5.79. The van der Waals surface area contributed by atoms with Crippen LogP contribution in [0.1, 0.15) is 24.8 Å². The van der Waals surface area contributed by atoms with Crippen LogP contribution in [0.5, 0.6) is 5.75 Å². The fourth-order valence-electron chi connectivity index (χ4n) is 2.21. The number of aryl methyl sites for hydroxylation is 1. The third-order valence-corrected chi connectivity index (χ3v) is 3.46. The van der Waals surface area contributed by atoms with Gasteiger partial charge < -0.3 is 9.64 Å². The van der Waals surface area contributed by atoms with Gasteiger partial charge in [0.15, 0.2) is 0 Å². The number of ether oxygens (including phenoxy) is 1. The first-order valence-corrected chi connectivity index (χ1v) is 6.75. The van der Waals surface area contributed by atoms with Crippen LogP contribution in [0.3, 0.4) is 0 Å².